The molecule has 0 bridgehead atoms. The van der Waals surface area contributed by atoms with Crippen molar-refractivity contribution >= 4 is 16.0 Å². The first-order valence-electron chi connectivity index (χ1n) is 6.08. The third kappa shape index (κ3) is 4.33. The third-order valence-corrected chi connectivity index (χ3v) is 4.70. The third-order valence-electron chi connectivity index (χ3n) is 2.80. The summed E-state index contributed by atoms with van der Waals surface area (Å²) in [6, 6.07) is 8.42. The highest BCUT2D eigenvalue weighted by atomic mass is 32.2. The quantitative estimate of drug-likeness (QED) is 0.814. The van der Waals surface area contributed by atoms with Gasteiger partial charge in [0.1, 0.15) is 0 Å². The average Bonchev–Trinajstić information content (AvgIpc) is 2.39. The summed E-state index contributed by atoms with van der Waals surface area (Å²) in [5, 5.41) is 17.6. The minimum Gasteiger partial charge on any atom is -0.481 e. The Balaban J connectivity index is 2.92. The van der Waals surface area contributed by atoms with E-state index in [1.54, 1.807) is 31.2 Å². The Morgan fingerprint density at radius 2 is 2.05 bits per heavy atom. The second-order valence-corrected chi connectivity index (χ2v) is 6.13. The van der Waals surface area contributed by atoms with E-state index >= 15 is 0 Å². The molecule has 0 fully saturated rings. The van der Waals surface area contributed by atoms with Gasteiger partial charge >= 0.3 is 5.97 Å². The van der Waals surface area contributed by atoms with Crippen LogP contribution in [-0.4, -0.2) is 36.9 Å². The Morgan fingerprint density at radius 1 is 1.40 bits per heavy atom. The van der Waals surface area contributed by atoms with Crippen LogP contribution < -0.4 is 0 Å². The number of hydrogen-bond acceptors (Lipinski definition) is 4. The van der Waals surface area contributed by atoms with E-state index in [1.807, 2.05) is 6.07 Å². The molecule has 0 atom stereocenters. The second-order valence-electron chi connectivity index (χ2n) is 4.16. The van der Waals surface area contributed by atoms with Crippen LogP contribution in [0.15, 0.2) is 24.3 Å². The molecule has 1 aromatic rings. The number of hydrogen-bond donors (Lipinski definition) is 1. The van der Waals surface area contributed by atoms with E-state index in [-0.39, 0.29) is 25.3 Å². The van der Waals surface area contributed by atoms with Gasteiger partial charge in [0, 0.05) is 13.1 Å². The monoisotopic (exact) mass is 296 g/mol. The zero-order valence-electron chi connectivity index (χ0n) is 11.1. The van der Waals surface area contributed by atoms with Crippen LogP contribution in [0, 0.1) is 11.3 Å². The van der Waals surface area contributed by atoms with Crippen molar-refractivity contribution in [3.63, 3.8) is 0 Å². The lowest BCUT2D eigenvalue weighted by Gasteiger charge is -2.19. The highest BCUT2D eigenvalue weighted by molar-refractivity contribution is 7.88. The second kappa shape index (κ2) is 7.03. The summed E-state index contributed by atoms with van der Waals surface area (Å²) >= 11 is 0. The van der Waals surface area contributed by atoms with Crippen LogP contribution in [0.4, 0.5) is 0 Å². The van der Waals surface area contributed by atoms with Gasteiger partial charge in [-0.1, -0.05) is 25.1 Å². The van der Waals surface area contributed by atoms with Crippen LogP contribution in [0.2, 0.25) is 0 Å². The Kier molecular flexibility index (Phi) is 5.67. The van der Waals surface area contributed by atoms with Crippen molar-refractivity contribution in [1.29, 1.82) is 5.26 Å². The highest BCUT2D eigenvalue weighted by Crippen LogP contribution is 2.15. The molecule has 0 aromatic heterocycles. The molecule has 0 unspecified atom stereocenters. The fourth-order valence-electron chi connectivity index (χ4n) is 1.76. The van der Waals surface area contributed by atoms with Gasteiger partial charge in [-0.05, 0) is 11.6 Å². The predicted molar refractivity (Wildman–Crippen MR) is 73.3 cm³/mol. The summed E-state index contributed by atoms with van der Waals surface area (Å²) in [5.41, 5.74) is 0.731. The lowest BCUT2D eigenvalue weighted by molar-refractivity contribution is -0.137. The highest BCUT2D eigenvalue weighted by Gasteiger charge is 2.22. The van der Waals surface area contributed by atoms with Gasteiger partial charge in [-0.25, -0.2) is 12.7 Å². The topological polar surface area (TPSA) is 98.5 Å². The molecule has 0 aliphatic carbocycles. The molecule has 6 nitrogen and oxygen atoms in total. The summed E-state index contributed by atoms with van der Waals surface area (Å²) < 4.78 is 25.6. The number of rotatable bonds is 7. The predicted octanol–water partition coefficient (Wildman–Crippen LogP) is 1.18. The largest absolute Gasteiger partial charge is 0.481 e. The van der Waals surface area contributed by atoms with Crippen LogP contribution in [-0.2, 0) is 20.6 Å². The van der Waals surface area contributed by atoms with E-state index in [0.717, 1.165) is 4.31 Å². The van der Waals surface area contributed by atoms with Gasteiger partial charge in [0.05, 0.1) is 23.8 Å². The molecule has 20 heavy (non-hydrogen) atoms. The smallest absolute Gasteiger partial charge is 0.304 e. The molecule has 0 heterocycles. The van der Waals surface area contributed by atoms with Gasteiger partial charge in [-0.2, -0.15) is 5.26 Å². The van der Waals surface area contributed by atoms with Crippen LogP contribution in [0.5, 0.6) is 0 Å². The lowest BCUT2D eigenvalue weighted by Crippen LogP contribution is -2.34. The summed E-state index contributed by atoms with van der Waals surface area (Å²) in [6.45, 7) is 1.78. The molecule has 0 spiro atoms. The Morgan fingerprint density at radius 3 is 2.60 bits per heavy atom. The maximum absolute atomic E-state index is 12.2. The van der Waals surface area contributed by atoms with Crippen LogP contribution in [0.1, 0.15) is 24.5 Å². The minimum absolute atomic E-state index is 0.0666. The molecule has 1 aromatic carbocycles. The van der Waals surface area contributed by atoms with Crippen LogP contribution in [0.3, 0.4) is 0 Å². The minimum atomic E-state index is -3.63. The van der Waals surface area contributed by atoms with Crippen molar-refractivity contribution in [3.8, 4) is 6.07 Å². The van der Waals surface area contributed by atoms with Crippen LogP contribution in [0.25, 0.3) is 0 Å². The van der Waals surface area contributed by atoms with Crippen molar-refractivity contribution in [3.05, 3.63) is 35.4 Å². The standard InChI is InChI=1S/C13H16N2O4S/c1-2-15(8-7-13(16)17)20(18,19)10-12-6-4-3-5-11(12)9-14/h3-6H,2,7-8,10H2,1H3,(H,16,17). The molecule has 0 aliphatic heterocycles. The van der Waals surface area contributed by atoms with Crippen molar-refractivity contribution in [2.24, 2.45) is 0 Å². The van der Waals surface area contributed by atoms with Gasteiger partial charge in [0.15, 0.2) is 0 Å². The summed E-state index contributed by atoms with van der Waals surface area (Å²) in [5.74, 6) is -1.35. The molecule has 0 radical (unpaired) electrons. The lowest BCUT2D eigenvalue weighted by atomic mass is 10.1. The molecule has 1 rings (SSSR count). The van der Waals surface area contributed by atoms with E-state index in [2.05, 4.69) is 0 Å². The Hall–Kier alpha value is -1.91. The molecule has 7 heteroatoms. The molecular weight excluding hydrogens is 280 g/mol. The number of sulfonamides is 1. The van der Waals surface area contributed by atoms with Crippen molar-refractivity contribution < 1.29 is 18.3 Å². The first kappa shape index (κ1) is 16.1. The Labute approximate surface area is 118 Å². The molecular formula is C13H16N2O4S. The molecule has 0 amide bonds. The fourth-order valence-corrected chi connectivity index (χ4v) is 3.35. The van der Waals surface area contributed by atoms with Gasteiger partial charge < -0.3 is 5.11 Å². The fraction of sp³-hybridized carbons (Fsp3) is 0.385. The number of carbonyl (C=O) groups is 1. The normalized spacial score (nSPS) is 11.2. The maximum atomic E-state index is 12.2. The van der Waals surface area contributed by atoms with E-state index in [4.69, 9.17) is 10.4 Å². The van der Waals surface area contributed by atoms with Crippen molar-refractivity contribution in [1.82, 2.24) is 4.31 Å². The zero-order valence-corrected chi connectivity index (χ0v) is 11.9. The SMILES string of the molecule is CCN(CCC(=O)O)S(=O)(=O)Cc1ccccc1C#N. The van der Waals surface area contributed by atoms with Crippen molar-refractivity contribution in [2.75, 3.05) is 13.1 Å². The van der Waals surface area contributed by atoms with Gasteiger partial charge in [-0.3, -0.25) is 4.79 Å². The number of nitriles is 1. The summed E-state index contributed by atoms with van der Waals surface area (Å²) in [4.78, 5) is 10.5. The van der Waals surface area contributed by atoms with E-state index in [9.17, 15) is 13.2 Å². The van der Waals surface area contributed by atoms with Gasteiger partial charge in [-0.15, -0.1) is 0 Å². The van der Waals surface area contributed by atoms with Crippen LogP contribution >= 0.6 is 0 Å². The molecule has 0 saturated carbocycles. The first-order chi connectivity index (χ1) is 9.40. The van der Waals surface area contributed by atoms with Gasteiger partial charge in [0.25, 0.3) is 0 Å². The molecule has 1 N–H and O–H groups in total. The number of aliphatic carboxylic acids is 1. The average molecular weight is 296 g/mol. The maximum Gasteiger partial charge on any atom is 0.304 e. The number of carboxylic acids is 1. The van der Waals surface area contributed by atoms with Gasteiger partial charge in [0.2, 0.25) is 10.0 Å². The number of benzene rings is 1. The summed E-state index contributed by atoms with van der Waals surface area (Å²) in [6.07, 6.45) is -0.243. The molecule has 0 saturated heterocycles. The van der Waals surface area contributed by atoms with E-state index in [0.29, 0.717) is 11.1 Å². The van der Waals surface area contributed by atoms with Crippen molar-refractivity contribution in [2.45, 2.75) is 19.1 Å². The van der Waals surface area contributed by atoms with E-state index < -0.39 is 16.0 Å². The molecule has 0 aliphatic rings. The Bertz CT molecular complexity index is 620. The summed E-state index contributed by atoms with van der Waals surface area (Å²) in [7, 11) is -3.63. The zero-order chi connectivity index (χ0) is 15.2. The number of nitrogens with zero attached hydrogens (tertiary/aromatic N) is 2. The number of carboxylic acid groups (broad SMARTS) is 1. The first-order valence-corrected chi connectivity index (χ1v) is 7.69. The van der Waals surface area contributed by atoms with E-state index in [1.165, 1.54) is 0 Å². The molecule has 108 valence electrons.